The smallest absolute Gasteiger partial charge is 0.165 e. The molecule has 104 valence electrons. The normalized spacial score (nSPS) is 10.4. The number of benzene rings is 2. The van der Waals surface area contributed by atoms with E-state index in [0.29, 0.717) is 26.1 Å². The van der Waals surface area contributed by atoms with Crippen molar-refractivity contribution in [3.8, 4) is 0 Å². The summed E-state index contributed by atoms with van der Waals surface area (Å²) >= 11 is 0. The van der Waals surface area contributed by atoms with Crippen molar-refractivity contribution in [3.63, 3.8) is 0 Å². The van der Waals surface area contributed by atoms with Gasteiger partial charge in [-0.05, 0) is 24.1 Å². The molecule has 0 aliphatic heterocycles. The van der Waals surface area contributed by atoms with Crippen molar-refractivity contribution >= 4 is 5.78 Å². The van der Waals surface area contributed by atoms with E-state index in [-0.39, 0.29) is 11.3 Å². The highest BCUT2D eigenvalue weighted by molar-refractivity contribution is 5.96. The van der Waals surface area contributed by atoms with Crippen LogP contribution in [-0.2, 0) is 11.3 Å². The van der Waals surface area contributed by atoms with Crippen molar-refractivity contribution in [2.45, 2.75) is 19.4 Å². The summed E-state index contributed by atoms with van der Waals surface area (Å²) in [6.45, 7) is 1.03. The van der Waals surface area contributed by atoms with Crippen molar-refractivity contribution in [2.75, 3.05) is 6.61 Å². The van der Waals surface area contributed by atoms with E-state index in [4.69, 9.17) is 4.74 Å². The van der Waals surface area contributed by atoms with Crippen LogP contribution in [0.4, 0.5) is 4.39 Å². The Morgan fingerprint density at radius 2 is 1.70 bits per heavy atom. The van der Waals surface area contributed by atoms with Crippen LogP contribution in [0.3, 0.4) is 0 Å². The van der Waals surface area contributed by atoms with Crippen LogP contribution in [0.2, 0.25) is 0 Å². The number of hydrogen-bond donors (Lipinski definition) is 0. The molecule has 0 fully saturated rings. The predicted octanol–water partition coefficient (Wildman–Crippen LogP) is 4.01. The lowest BCUT2D eigenvalue weighted by Gasteiger charge is -2.05. The maximum absolute atomic E-state index is 13.4. The van der Waals surface area contributed by atoms with Gasteiger partial charge in [-0.3, -0.25) is 4.79 Å². The molecule has 0 atom stereocenters. The summed E-state index contributed by atoms with van der Waals surface area (Å²) in [7, 11) is 0. The molecule has 2 aromatic carbocycles. The van der Waals surface area contributed by atoms with Gasteiger partial charge in [0.25, 0.3) is 0 Å². The molecule has 0 heterocycles. The minimum Gasteiger partial charge on any atom is -0.377 e. The summed E-state index contributed by atoms with van der Waals surface area (Å²) in [6.07, 6.45) is 0.899. The summed E-state index contributed by atoms with van der Waals surface area (Å²) in [5.74, 6) is -0.630. The molecule has 0 aliphatic rings. The second-order valence-corrected chi connectivity index (χ2v) is 4.54. The molecule has 2 rings (SSSR count). The topological polar surface area (TPSA) is 26.3 Å². The molecule has 0 unspecified atom stereocenters. The number of ketones is 1. The fourth-order valence-electron chi connectivity index (χ4n) is 1.92. The molecule has 2 nitrogen and oxygen atoms in total. The van der Waals surface area contributed by atoms with Crippen LogP contribution < -0.4 is 0 Å². The molecule has 0 radical (unpaired) electrons. The van der Waals surface area contributed by atoms with Gasteiger partial charge < -0.3 is 4.74 Å². The third-order valence-corrected chi connectivity index (χ3v) is 2.98. The Morgan fingerprint density at radius 3 is 2.45 bits per heavy atom. The van der Waals surface area contributed by atoms with E-state index in [0.717, 1.165) is 5.56 Å². The molecule has 0 aromatic heterocycles. The first-order valence-corrected chi connectivity index (χ1v) is 6.67. The van der Waals surface area contributed by atoms with E-state index in [1.165, 1.54) is 12.1 Å². The van der Waals surface area contributed by atoms with E-state index in [9.17, 15) is 9.18 Å². The molecule has 2 aromatic rings. The number of carbonyl (C=O) groups is 1. The van der Waals surface area contributed by atoms with Gasteiger partial charge in [-0.25, -0.2) is 4.39 Å². The highest BCUT2D eigenvalue weighted by Gasteiger charge is 2.09. The Labute approximate surface area is 118 Å². The number of halogens is 1. The Hall–Kier alpha value is -2.00. The second kappa shape index (κ2) is 7.56. The van der Waals surface area contributed by atoms with E-state index in [1.807, 2.05) is 30.3 Å². The van der Waals surface area contributed by atoms with Gasteiger partial charge in [0.2, 0.25) is 0 Å². The van der Waals surface area contributed by atoms with Crippen LogP contribution in [0, 0.1) is 5.82 Å². The number of ether oxygens (including phenoxy) is 1. The summed E-state index contributed by atoms with van der Waals surface area (Å²) in [5.41, 5.74) is 1.27. The van der Waals surface area contributed by atoms with E-state index < -0.39 is 5.82 Å². The van der Waals surface area contributed by atoms with Gasteiger partial charge in [-0.15, -0.1) is 0 Å². The van der Waals surface area contributed by atoms with Crippen molar-refractivity contribution in [1.82, 2.24) is 0 Å². The maximum atomic E-state index is 13.4. The number of carbonyl (C=O) groups excluding carboxylic acids is 1. The summed E-state index contributed by atoms with van der Waals surface area (Å²) in [4.78, 5) is 11.8. The maximum Gasteiger partial charge on any atom is 0.165 e. The molecule has 0 N–H and O–H groups in total. The highest BCUT2D eigenvalue weighted by Crippen LogP contribution is 2.10. The van der Waals surface area contributed by atoms with Crippen LogP contribution in [-0.4, -0.2) is 12.4 Å². The third-order valence-electron chi connectivity index (χ3n) is 2.98. The SMILES string of the molecule is O=C(CCCOCc1ccccc1)c1ccccc1F. The summed E-state index contributed by atoms with van der Waals surface area (Å²) < 4.78 is 18.9. The molecular weight excluding hydrogens is 255 g/mol. The first-order chi connectivity index (χ1) is 9.77. The largest absolute Gasteiger partial charge is 0.377 e. The van der Waals surface area contributed by atoms with Gasteiger partial charge in [0, 0.05) is 13.0 Å². The van der Waals surface area contributed by atoms with Gasteiger partial charge in [0.1, 0.15) is 5.82 Å². The average Bonchev–Trinajstić information content (AvgIpc) is 2.48. The molecular formula is C17H17FO2. The first kappa shape index (κ1) is 14.4. The molecule has 0 saturated carbocycles. The van der Waals surface area contributed by atoms with Crippen LogP contribution in [0.5, 0.6) is 0 Å². The molecule has 0 spiro atoms. The van der Waals surface area contributed by atoms with Crippen LogP contribution >= 0.6 is 0 Å². The van der Waals surface area contributed by atoms with Crippen LogP contribution in [0.1, 0.15) is 28.8 Å². The Balaban J connectivity index is 1.69. The number of hydrogen-bond acceptors (Lipinski definition) is 2. The van der Waals surface area contributed by atoms with Crippen molar-refractivity contribution in [3.05, 3.63) is 71.5 Å². The van der Waals surface area contributed by atoms with E-state index in [1.54, 1.807) is 12.1 Å². The quantitative estimate of drug-likeness (QED) is 0.562. The lowest BCUT2D eigenvalue weighted by Crippen LogP contribution is -2.04. The van der Waals surface area contributed by atoms with Crippen molar-refractivity contribution < 1.29 is 13.9 Å². The molecule has 0 saturated heterocycles. The second-order valence-electron chi connectivity index (χ2n) is 4.54. The molecule has 3 heteroatoms. The Kier molecular flexibility index (Phi) is 5.44. The van der Waals surface area contributed by atoms with Gasteiger partial charge in [-0.2, -0.15) is 0 Å². The standard InChI is InChI=1S/C17H17FO2/c18-16-10-5-4-9-15(16)17(19)11-6-12-20-13-14-7-2-1-3-8-14/h1-5,7-10H,6,11-13H2. The van der Waals surface area contributed by atoms with Gasteiger partial charge in [0.05, 0.1) is 12.2 Å². The van der Waals surface area contributed by atoms with Gasteiger partial charge in [-0.1, -0.05) is 42.5 Å². The summed E-state index contributed by atoms with van der Waals surface area (Å²) in [6, 6.07) is 15.9. The number of rotatable bonds is 7. The molecule has 0 bridgehead atoms. The van der Waals surface area contributed by atoms with E-state index >= 15 is 0 Å². The predicted molar refractivity (Wildman–Crippen MR) is 76.1 cm³/mol. The zero-order chi connectivity index (χ0) is 14.2. The van der Waals surface area contributed by atoms with Crippen molar-refractivity contribution in [2.24, 2.45) is 0 Å². The molecule has 0 aliphatic carbocycles. The van der Waals surface area contributed by atoms with Gasteiger partial charge >= 0.3 is 0 Å². The zero-order valence-electron chi connectivity index (χ0n) is 11.2. The third kappa shape index (κ3) is 4.28. The Bertz CT molecular complexity index is 552. The molecule has 0 amide bonds. The lowest BCUT2D eigenvalue weighted by atomic mass is 10.1. The molecule has 20 heavy (non-hydrogen) atoms. The fraction of sp³-hybridized carbons (Fsp3) is 0.235. The number of Topliss-reactive ketones (excluding diaryl/α,β-unsaturated/α-hetero) is 1. The lowest BCUT2D eigenvalue weighted by molar-refractivity contribution is 0.0916. The minimum absolute atomic E-state index is 0.163. The van der Waals surface area contributed by atoms with Gasteiger partial charge in [0.15, 0.2) is 5.78 Å². The highest BCUT2D eigenvalue weighted by atomic mass is 19.1. The van der Waals surface area contributed by atoms with E-state index in [2.05, 4.69) is 0 Å². The summed E-state index contributed by atoms with van der Waals surface area (Å²) in [5, 5.41) is 0. The Morgan fingerprint density at radius 1 is 1.00 bits per heavy atom. The average molecular weight is 272 g/mol. The monoisotopic (exact) mass is 272 g/mol. The van der Waals surface area contributed by atoms with Crippen LogP contribution in [0.25, 0.3) is 0 Å². The van der Waals surface area contributed by atoms with Crippen LogP contribution in [0.15, 0.2) is 54.6 Å². The van der Waals surface area contributed by atoms with Crippen molar-refractivity contribution in [1.29, 1.82) is 0 Å². The minimum atomic E-state index is -0.456. The zero-order valence-corrected chi connectivity index (χ0v) is 11.2. The fourth-order valence-corrected chi connectivity index (χ4v) is 1.92. The first-order valence-electron chi connectivity index (χ1n) is 6.67.